The van der Waals surface area contributed by atoms with Crippen molar-refractivity contribution in [3.05, 3.63) is 53.2 Å². The fraction of sp³-hybridized carbons (Fsp3) is 0.286. The van der Waals surface area contributed by atoms with E-state index in [9.17, 15) is 8.42 Å². The van der Waals surface area contributed by atoms with Crippen molar-refractivity contribution >= 4 is 21.1 Å². The van der Waals surface area contributed by atoms with Crippen LogP contribution in [-0.4, -0.2) is 38.5 Å². The Hall–Kier alpha value is -2.68. The summed E-state index contributed by atoms with van der Waals surface area (Å²) < 4.78 is 35.7. The van der Waals surface area contributed by atoms with Crippen LogP contribution in [-0.2, 0) is 23.2 Å². The van der Waals surface area contributed by atoms with E-state index in [1.54, 1.807) is 14.2 Å². The van der Waals surface area contributed by atoms with Crippen LogP contribution in [0.15, 0.2) is 36.5 Å². The van der Waals surface area contributed by atoms with Gasteiger partial charge in [-0.3, -0.25) is 4.98 Å². The average molecular weight is 413 g/mol. The number of ether oxygens (including phenoxy) is 2. The van der Waals surface area contributed by atoms with Gasteiger partial charge < -0.3 is 9.47 Å². The van der Waals surface area contributed by atoms with Gasteiger partial charge in [-0.05, 0) is 53.3 Å². The third kappa shape index (κ3) is 3.55. The smallest absolute Gasteiger partial charge is 0.277 e. The molecule has 3 aromatic rings. The Morgan fingerprint density at radius 1 is 1.07 bits per heavy atom. The normalized spacial score (nSPS) is 14.6. The lowest BCUT2D eigenvalue weighted by atomic mass is 9.92. The zero-order valence-electron chi connectivity index (χ0n) is 16.6. The summed E-state index contributed by atoms with van der Waals surface area (Å²) in [5.74, 6) is 1.25. The minimum Gasteiger partial charge on any atom is -0.493 e. The lowest BCUT2D eigenvalue weighted by molar-refractivity contribution is 0.356. The minimum absolute atomic E-state index is 0.279. The summed E-state index contributed by atoms with van der Waals surface area (Å²) in [7, 11) is -0.511. The Morgan fingerprint density at radius 2 is 1.79 bits per heavy atom. The lowest BCUT2D eigenvalue weighted by Gasteiger charge is -2.27. The first-order valence-electron chi connectivity index (χ1n) is 9.23. The zero-order chi connectivity index (χ0) is 20.8. The van der Waals surface area contributed by atoms with Crippen LogP contribution >= 0.6 is 0 Å². The predicted molar refractivity (Wildman–Crippen MR) is 112 cm³/mol. The van der Waals surface area contributed by atoms with Gasteiger partial charge in [0.1, 0.15) is 0 Å². The molecule has 0 fully saturated rings. The molecular weight excluding hydrogens is 390 g/mol. The first-order valence-corrected chi connectivity index (χ1v) is 10.7. The molecule has 0 radical (unpaired) electrons. The Labute approximate surface area is 170 Å². The second kappa shape index (κ2) is 7.29. The van der Waals surface area contributed by atoms with Crippen LogP contribution in [0.5, 0.6) is 11.5 Å². The molecule has 29 heavy (non-hydrogen) atoms. The molecule has 0 unspecified atom stereocenters. The number of aryl methyl sites for hydroxylation is 1. The van der Waals surface area contributed by atoms with Gasteiger partial charge in [0.05, 0.1) is 19.7 Å². The van der Waals surface area contributed by atoms with Gasteiger partial charge >= 0.3 is 0 Å². The Balaban J connectivity index is 1.88. The monoisotopic (exact) mass is 413 g/mol. The van der Waals surface area contributed by atoms with E-state index >= 15 is 0 Å². The molecule has 1 aromatic heterocycles. The molecule has 2 N–H and O–H groups in total. The summed E-state index contributed by atoms with van der Waals surface area (Å²) in [6.07, 6.45) is 2.48. The fourth-order valence-electron chi connectivity index (χ4n) is 3.91. The number of nitrogens with two attached hydrogens (primary N) is 1. The molecule has 0 spiro atoms. The summed E-state index contributed by atoms with van der Waals surface area (Å²) in [6, 6.07) is 9.98. The molecule has 0 saturated heterocycles. The topological polar surface area (TPSA) is 94.7 Å². The predicted octanol–water partition coefficient (Wildman–Crippen LogP) is 2.79. The molecule has 4 rings (SSSR count). The highest BCUT2D eigenvalue weighted by molar-refractivity contribution is 7.86. The number of benzene rings is 2. The maximum Gasteiger partial charge on any atom is 0.277 e. The molecule has 1 aliphatic rings. The van der Waals surface area contributed by atoms with Crippen LogP contribution in [0.3, 0.4) is 0 Å². The molecule has 0 amide bonds. The number of aromatic nitrogens is 1. The van der Waals surface area contributed by atoms with Gasteiger partial charge in [-0.25, -0.2) is 5.14 Å². The van der Waals surface area contributed by atoms with Crippen LogP contribution in [0.2, 0.25) is 0 Å². The highest BCUT2D eigenvalue weighted by Crippen LogP contribution is 2.38. The molecule has 152 valence electrons. The highest BCUT2D eigenvalue weighted by Gasteiger charge is 2.24. The van der Waals surface area contributed by atoms with Crippen molar-refractivity contribution in [1.82, 2.24) is 9.29 Å². The summed E-state index contributed by atoms with van der Waals surface area (Å²) in [6.45, 7) is 2.69. The summed E-state index contributed by atoms with van der Waals surface area (Å²) in [4.78, 5) is 4.54. The second-order valence-electron chi connectivity index (χ2n) is 7.15. The van der Waals surface area contributed by atoms with Gasteiger partial charge in [0.15, 0.2) is 11.5 Å². The largest absolute Gasteiger partial charge is 0.493 e. The van der Waals surface area contributed by atoms with E-state index in [0.29, 0.717) is 24.5 Å². The Morgan fingerprint density at radius 3 is 2.48 bits per heavy atom. The molecule has 0 aliphatic carbocycles. The van der Waals surface area contributed by atoms with E-state index in [1.165, 1.54) is 4.31 Å². The van der Waals surface area contributed by atoms with Gasteiger partial charge in [0, 0.05) is 30.7 Å². The second-order valence-corrected chi connectivity index (χ2v) is 8.70. The number of nitrogens with zero attached hydrogens (tertiary/aromatic N) is 2. The summed E-state index contributed by atoms with van der Waals surface area (Å²) in [5.41, 5.74) is 5.95. The molecular formula is C21H23N3O4S. The van der Waals surface area contributed by atoms with Gasteiger partial charge in [-0.2, -0.15) is 12.7 Å². The number of fused-ring (bicyclic) bond motifs is 2. The third-order valence-corrected chi connectivity index (χ3v) is 6.43. The van der Waals surface area contributed by atoms with Gasteiger partial charge in [0.2, 0.25) is 0 Å². The maximum atomic E-state index is 11.8. The lowest BCUT2D eigenvalue weighted by Crippen LogP contribution is -2.40. The van der Waals surface area contributed by atoms with Crippen LogP contribution in [0.25, 0.3) is 22.0 Å². The van der Waals surface area contributed by atoms with Gasteiger partial charge in [-0.1, -0.05) is 12.1 Å². The van der Waals surface area contributed by atoms with Gasteiger partial charge in [0.25, 0.3) is 10.2 Å². The standard InChI is InChI=1S/C21H23N3O4S/c1-13-11-23-18-10-20(28-3)19(27-2)9-17(18)21(13)15-5-4-14-6-7-24(29(22,25)26)12-16(14)8-15/h4-5,8-11H,6-7,12H2,1-3H3,(H2,22,25,26). The van der Waals surface area contributed by atoms with E-state index < -0.39 is 10.2 Å². The van der Waals surface area contributed by atoms with Crippen LogP contribution in [0.4, 0.5) is 0 Å². The van der Waals surface area contributed by atoms with Crippen molar-refractivity contribution in [1.29, 1.82) is 0 Å². The van der Waals surface area contributed by atoms with Crippen molar-refractivity contribution in [3.63, 3.8) is 0 Å². The molecule has 0 atom stereocenters. The number of pyridine rings is 1. The minimum atomic E-state index is -3.71. The third-order valence-electron chi connectivity index (χ3n) is 5.39. The van der Waals surface area contributed by atoms with E-state index in [1.807, 2.05) is 31.3 Å². The Bertz CT molecular complexity index is 1210. The van der Waals surface area contributed by atoms with Crippen molar-refractivity contribution in [2.45, 2.75) is 19.9 Å². The van der Waals surface area contributed by atoms with Crippen molar-refractivity contribution in [2.75, 3.05) is 20.8 Å². The van der Waals surface area contributed by atoms with Crippen molar-refractivity contribution < 1.29 is 17.9 Å². The molecule has 7 nitrogen and oxygen atoms in total. The molecule has 1 aliphatic heterocycles. The quantitative estimate of drug-likeness (QED) is 0.710. The highest BCUT2D eigenvalue weighted by atomic mass is 32.2. The number of rotatable bonds is 4. The summed E-state index contributed by atoms with van der Waals surface area (Å²) >= 11 is 0. The van der Waals surface area contributed by atoms with Gasteiger partial charge in [-0.15, -0.1) is 0 Å². The number of hydrogen-bond acceptors (Lipinski definition) is 5. The number of methoxy groups -OCH3 is 2. The first kappa shape index (κ1) is 19.6. The molecule has 2 aromatic carbocycles. The molecule has 2 heterocycles. The van der Waals surface area contributed by atoms with E-state index in [4.69, 9.17) is 14.6 Å². The van der Waals surface area contributed by atoms with E-state index in [0.717, 1.165) is 38.7 Å². The van der Waals surface area contributed by atoms with Crippen LogP contribution in [0, 0.1) is 6.92 Å². The average Bonchev–Trinajstić information content (AvgIpc) is 2.71. The van der Waals surface area contributed by atoms with E-state index in [2.05, 4.69) is 17.1 Å². The zero-order valence-corrected chi connectivity index (χ0v) is 17.4. The SMILES string of the molecule is COc1cc2ncc(C)c(-c3ccc4c(c3)CN(S(N)(=O)=O)CC4)c2cc1OC. The van der Waals surface area contributed by atoms with Crippen LogP contribution < -0.4 is 14.6 Å². The fourth-order valence-corrected chi connectivity index (χ4v) is 4.57. The van der Waals surface area contributed by atoms with E-state index in [-0.39, 0.29) is 6.54 Å². The van der Waals surface area contributed by atoms with Crippen molar-refractivity contribution in [2.24, 2.45) is 5.14 Å². The van der Waals surface area contributed by atoms with Crippen LogP contribution in [0.1, 0.15) is 16.7 Å². The molecule has 0 bridgehead atoms. The molecule has 8 heteroatoms. The van der Waals surface area contributed by atoms with Crippen molar-refractivity contribution in [3.8, 4) is 22.6 Å². The molecule has 0 saturated carbocycles. The summed E-state index contributed by atoms with van der Waals surface area (Å²) in [5, 5.41) is 6.28. The number of hydrogen-bond donors (Lipinski definition) is 1. The Kier molecular flexibility index (Phi) is 4.94. The first-order chi connectivity index (χ1) is 13.8. The maximum absolute atomic E-state index is 11.8.